The molecule has 0 aliphatic carbocycles. The Labute approximate surface area is 70.7 Å². The molecule has 0 saturated carbocycles. The summed E-state index contributed by atoms with van der Waals surface area (Å²) in [5, 5.41) is 5.87. The van der Waals surface area contributed by atoms with Gasteiger partial charge in [0.05, 0.1) is 6.17 Å². The molecule has 0 heterocycles. The summed E-state index contributed by atoms with van der Waals surface area (Å²) in [4.78, 5) is 13.2. The molecule has 0 bridgehead atoms. The highest BCUT2D eigenvalue weighted by atomic mass is 16.1. The van der Waals surface area contributed by atoms with Crippen molar-refractivity contribution in [1.29, 1.82) is 0 Å². The first kappa shape index (κ1) is 10.7. The summed E-state index contributed by atoms with van der Waals surface area (Å²) >= 11 is 0. The highest BCUT2D eigenvalue weighted by Gasteiger charge is 1.99. The molecule has 0 aromatic carbocycles. The first-order valence-electron chi connectivity index (χ1n) is 3.77. The lowest BCUT2D eigenvalue weighted by atomic mass is 10.3. The van der Waals surface area contributed by atoms with Crippen molar-refractivity contribution in [2.75, 3.05) is 6.54 Å². The number of carbonyl (C=O) groups excluding carboxylic acids is 1. The normalized spacial score (nSPS) is 11.5. The van der Waals surface area contributed by atoms with Gasteiger partial charge in [0, 0.05) is 17.9 Å². The van der Waals surface area contributed by atoms with Crippen molar-refractivity contribution in [1.82, 2.24) is 5.32 Å². The molecule has 1 amide bonds. The first-order valence-corrected chi connectivity index (χ1v) is 3.77. The summed E-state index contributed by atoms with van der Waals surface area (Å²) in [5.74, 6) is -0.0249. The maximum atomic E-state index is 10.7. The van der Waals surface area contributed by atoms with Gasteiger partial charge < -0.3 is 11.1 Å². The van der Waals surface area contributed by atoms with Crippen LogP contribution in [-0.4, -0.2) is 18.6 Å². The summed E-state index contributed by atoms with van der Waals surface area (Å²) in [6.07, 6.45) is 0.374. The average Bonchev–Trinajstić information content (AvgIpc) is 2.04. The Bertz CT molecular complexity index is 186. The Morgan fingerprint density at radius 1 is 1.83 bits per heavy atom. The largest absolute Gasteiger partial charge is 0.356 e. The van der Waals surface area contributed by atoms with Crippen molar-refractivity contribution in [3.05, 3.63) is 10.4 Å². The number of nitrogens with zero attached hydrogens (tertiary/aromatic N) is 3. The summed E-state index contributed by atoms with van der Waals surface area (Å²) < 4.78 is 0. The van der Waals surface area contributed by atoms with Crippen LogP contribution in [0.1, 0.15) is 19.8 Å². The van der Waals surface area contributed by atoms with E-state index in [2.05, 4.69) is 15.3 Å². The van der Waals surface area contributed by atoms with Gasteiger partial charge in [-0.15, -0.1) is 0 Å². The van der Waals surface area contributed by atoms with E-state index in [0.717, 1.165) is 0 Å². The third-order valence-electron chi connectivity index (χ3n) is 1.28. The molecule has 0 saturated heterocycles. The van der Waals surface area contributed by atoms with E-state index < -0.39 is 6.17 Å². The van der Waals surface area contributed by atoms with Crippen molar-refractivity contribution in [3.8, 4) is 0 Å². The van der Waals surface area contributed by atoms with E-state index in [1.165, 1.54) is 0 Å². The Morgan fingerprint density at radius 2 is 2.50 bits per heavy atom. The van der Waals surface area contributed by atoms with Crippen LogP contribution in [0.4, 0.5) is 0 Å². The van der Waals surface area contributed by atoms with E-state index in [1.54, 1.807) is 6.92 Å². The van der Waals surface area contributed by atoms with E-state index >= 15 is 0 Å². The second-order valence-corrected chi connectivity index (χ2v) is 2.26. The topological polar surface area (TPSA) is 104 Å². The number of nitrogens with one attached hydrogen (secondary N) is 1. The maximum Gasteiger partial charge on any atom is 0.219 e. The molecule has 0 aromatic heterocycles. The Hall–Kier alpha value is -1.26. The molecule has 6 nitrogen and oxygen atoms in total. The van der Waals surface area contributed by atoms with Crippen molar-refractivity contribution >= 4 is 5.91 Å². The molecule has 3 N–H and O–H groups in total. The average molecular weight is 171 g/mol. The van der Waals surface area contributed by atoms with Gasteiger partial charge in [-0.25, -0.2) is 0 Å². The lowest BCUT2D eigenvalue weighted by Crippen LogP contribution is -2.28. The molecule has 6 heteroatoms. The lowest BCUT2D eigenvalue weighted by molar-refractivity contribution is -0.120. The van der Waals surface area contributed by atoms with Crippen LogP contribution in [0.3, 0.4) is 0 Å². The van der Waals surface area contributed by atoms with Crippen LogP contribution in [-0.2, 0) is 4.79 Å². The molecule has 0 aliphatic rings. The third-order valence-corrected chi connectivity index (χ3v) is 1.28. The molecule has 0 spiro atoms. The standard InChI is InChI=1S/C6H13N5O/c1-2-6(12)9-4-3-5(7)10-11-8/h5H,2-4,7H2,1H3,(H,9,12). The molecular formula is C6H13N5O. The van der Waals surface area contributed by atoms with Gasteiger partial charge in [0.2, 0.25) is 5.91 Å². The highest BCUT2D eigenvalue weighted by molar-refractivity contribution is 5.75. The van der Waals surface area contributed by atoms with Gasteiger partial charge in [0.15, 0.2) is 0 Å². The quantitative estimate of drug-likeness (QED) is 0.357. The second-order valence-electron chi connectivity index (χ2n) is 2.26. The first-order chi connectivity index (χ1) is 5.70. The number of hydrogen-bond donors (Lipinski definition) is 2. The second kappa shape index (κ2) is 6.45. The molecule has 0 rings (SSSR count). The van der Waals surface area contributed by atoms with E-state index in [9.17, 15) is 4.79 Å². The van der Waals surface area contributed by atoms with Crippen molar-refractivity contribution < 1.29 is 4.79 Å². The van der Waals surface area contributed by atoms with E-state index in [-0.39, 0.29) is 5.91 Å². The lowest BCUT2D eigenvalue weighted by Gasteiger charge is -2.05. The van der Waals surface area contributed by atoms with Crippen LogP contribution >= 0.6 is 0 Å². The molecule has 68 valence electrons. The molecule has 1 unspecified atom stereocenters. The number of hydrogen-bond acceptors (Lipinski definition) is 3. The molecule has 0 radical (unpaired) electrons. The zero-order valence-electron chi connectivity index (χ0n) is 7.03. The van der Waals surface area contributed by atoms with Gasteiger partial charge in [-0.05, 0) is 12.0 Å². The van der Waals surface area contributed by atoms with Gasteiger partial charge in [0.1, 0.15) is 0 Å². The minimum Gasteiger partial charge on any atom is -0.356 e. The van der Waals surface area contributed by atoms with Gasteiger partial charge in [-0.1, -0.05) is 12.0 Å². The monoisotopic (exact) mass is 171 g/mol. The molecule has 0 aromatic rings. The van der Waals surface area contributed by atoms with Gasteiger partial charge in [0.25, 0.3) is 0 Å². The van der Waals surface area contributed by atoms with Crippen LogP contribution in [0.5, 0.6) is 0 Å². The van der Waals surface area contributed by atoms with Crippen LogP contribution in [0.25, 0.3) is 10.4 Å². The molecule has 1 atom stereocenters. The molecule has 12 heavy (non-hydrogen) atoms. The summed E-state index contributed by atoms with van der Waals surface area (Å²) in [6, 6.07) is 0. The predicted octanol–water partition coefficient (Wildman–Crippen LogP) is 0.498. The third kappa shape index (κ3) is 5.52. The SMILES string of the molecule is CCC(=O)NCCC(N)N=[N+]=[N-]. The summed E-state index contributed by atoms with van der Waals surface area (Å²) in [5.41, 5.74) is 13.3. The summed E-state index contributed by atoms with van der Waals surface area (Å²) in [6.45, 7) is 2.22. The van der Waals surface area contributed by atoms with Crippen LogP contribution < -0.4 is 11.1 Å². The Balaban J connectivity index is 3.42. The zero-order chi connectivity index (χ0) is 9.40. The zero-order valence-corrected chi connectivity index (χ0v) is 7.03. The van der Waals surface area contributed by atoms with E-state index in [1.807, 2.05) is 0 Å². The molecule has 0 fully saturated rings. The van der Waals surface area contributed by atoms with Crippen LogP contribution in [0.15, 0.2) is 5.11 Å². The van der Waals surface area contributed by atoms with Gasteiger partial charge >= 0.3 is 0 Å². The van der Waals surface area contributed by atoms with E-state index in [4.69, 9.17) is 11.3 Å². The van der Waals surface area contributed by atoms with Crippen LogP contribution in [0.2, 0.25) is 0 Å². The molecular weight excluding hydrogens is 158 g/mol. The fourth-order valence-electron chi connectivity index (χ4n) is 0.609. The predicted molar refractivity (Wildman–Crippen MR) is 45.0 cm³/mol. The Morgan fingerprint density at radius 3 is 3.00 bits per heavy atom. The molecule has 0 aliphatic heterocycles. The highest BCUT2D eigenvalue weighted by Crippen LogP contribution is 1.88. The van der Waals surface area contributed by atoms with Crippen molar-refractivity contribution in [2.24, 2.45) is 10.8 Å². The fourth-order valence-corrected chi connectivity index (χ4v) is 0.609. The number of nitrogens with two attached hydrogens (primary N) is 1. The smallest absolute Gasteiger partial charge is 0.219 e. The van der Waals surface area contributed by atoms with Gasteiger partial charge in [-0.3, -0.25) is 4.79 Å². The summed E-state index contributed by atoms with van der Waals surface area (Å²) in [7, 11) is 0. The minimum absolute atomic E-state index is 0.0249. The van der Waals surface area contributed by atoms with Crippen molar-refractivity contribution in [3.63, 3.8) is 0 Å². The maximum absolute atomic E-state index is 10.7. The number of rotatable bonds is 5. The number of amides is 1. The van der Waals surface area contributed by atoms with Gasteiger partial charge in [-0.2, -0.15) is 0 Å². The number of carbonyl (C=O) groups is 1. The minimum atomic E-state index is -0.549. The fraction of sp³-hybridized carbons (Fsp3) is 0.833. The van der Waals surface area contributed by atoms with Crippen LogP contribution in [0, 0.1) is 0 Å². The Kier molecular flexibility index (Phi) is 5.77. The van der Waals surface area contributed by atoms with Crippen molar-refractivity contribution in [2.45, 2.75) is 25.9 Å². The van der Waals surface area contributed by atoms with E-state index in [0.29, 0.717) is 19.4 Å². The number of azide groups is 1.